The number of hydrogen-bond acceptors (Lipinski definition) is 7. The number of carboxylic acid groups (broad SMARTS) is 1. The Hall–Kier alpha value is -4.00. The highest BCUT2D eigenvalue weighted by molar-refractivity contribution is 7.71. The number of carbonyl (C=O) groups is 1. The lowest BCUT2D eigenvalue weighted by Gasteiger charge is -2.11. The number of hydrogen-bond donors (Lipinski definition) is 3. The van der Waals surface area contributed by atoms with Crippen LogP contribution in [0, 0.1) is 4.64 Å². The molecule has 6 rings (SSSR count). The number of nitrogens with zero attached hydrogens (tertiary/aromatic N) is 4. The number of halogens is 3. The number of para-hydroxylation sites is 1. The van der Waals surface area contributed by atoms with Crippen molar-refractivity contribution in [1.82, 2.24) is 24.6 Å². The molecular weight excluding hydrogens is 674 g/mol. The summed E-state index contributed by atoms with van der Waals surface area (Å²) in [5.41, 5.74) is 6.75. The standard InChI is InChI=1S/C27H33F2N3.C8H4ClN3O2S2/c1-2-3-4-5-6-7-8-11-16-30-32-19-22(18-25(28)29)23-15-14-21-17-20-12-9-10-13-24(20)31-26(21)27(23)32;9-4-2-16-7(11-4)5-10-1-3(8(13)14)6(15)12-5/h9-10,12-15,17,19,25,30H,2-8,11,16,18H2,1H3;1-2H,(H,13,14)(H,10,12,15). The molecule has 0 amide bonds. The lowest BCUT2D eigenvalue weighted by atomic mass is 10.1. The average Bonchev–Trinajstić information content (AvgIpc) is 3.66. The number of carboxylic acids is 1. The van der Waals surface area contributed by atoms with E-state index in [4.69, 9.17) is 33.9 Å². The van der Waals surface area contributed by atoms with Gasteiger partial charge in [0.15, 0.2) is 10.8 Å². The van der Waals surface area contributed by atoms with Gasteiger partial charge in [-0.3, -0.25) is 4.68 Å². The number of unbranched alkanes of at least 4 members (excludes halogenated alkanes) is 7. The molecule has 48 heavy (non-hydrogen) atoms. The van der Waals surface area contributed by atoms with Gasteiger partial charge in [-0.1, -0.05) is 106 Å². The van der Waals surface area contributed by atoms with Gasteiger partial charge in [-0.25, -0.2) is 28.5 Å². The van der Waals surface area contributed by atoms with E-state index in [9.17, 15) is 13.6 Å². The molecule has 0 saturated heterocycles. The summed E-state index contributed by atoms with van der Waals surface area (Å²) in [4.78, 5) is 26.2. The molecule has 0 radical (unpaired) electrons. The van der Waals surface area contributed by atoms with Crippen molar-refractivity contribution in [2.75, 3.05) is 12.0 Å². The van der Waals surface area contributed by atoms with E-state index in [1.807, 2.05) is 47.3 Å². The zero-order valence-electron chi connectivity index (χ0n) is 26.5. The Labute approximate surface area is 291 Å². The SMILES string of the molecule is CCCCCCCCCCNn1cc(CC(F)F)c2ccc3cc4ccccc4nc3c21.O=C(O)c1cnc(-c2nc(Cl)cs2)[nH]c1=S. The van der Waals surface area contributed by atoms with E-state index < -0.39 is 12.4 Å². The van der Waals surface area contributed by atoms with Gasteiger partial charge in [0.1, 0.15) is 15.4 Å². The Balaban J connectivity index is 0.000000236. The number of aromatic amines is 1. The zero-order chi connectivity index (χ0) is 34.0. The van der Waals surface area contributed by atoms with E-state index in [2.05, 4.69) is 33.4 Å². The van der Waals surface area contributed by atoms with E-state index in [0.29, 0.717) is 21.5 Å². The summed E-state index contributed by atoms with van der Waals surface area (Å²) in [6.45, 7) is 3.06. The zero-order valence-corrected chi connectivity index (χ0v) is 28.9. The first-order valence-electron chi connectivity index (χ1n) is 16.0. The van der Waals surface area contributed by atoms with Gasteiger partial charge in [0.25, 0.3) is 0 Å². The molecule has 0 saturated carbocycles. The van der Waals surface area contributed by atoms with Crippen LogP contribution in [0.1, 0.15) is 74.2 Å². The highest BCUT2D eigenvalue weighted by Gasteiger charge is 2.17. The molecular formula is C35H37ClF2N6O2S2. The number of benzene rings is 2. The molecule has 0 spiro atoms. The van der Waals surface area contributed by atoms with Crippen LogP contribution in [0.15, 0.2) is 60.2 Å². The summed E-state index contributed by atoms with van der Waals surface area (Å²) in [5.74, 6) is -0.704. The second-order valence-corrected chi connectivity index (χ2v) is 13.1. The van der Waals surface area contributed by atoms with Crippen molar-refractivity contribution < 1.29 is 18.7 Å². The van der Waals surface area contributed by atoms with Crippen LogP contribution in [-0.4, -0.2) is 48.7 Å². The number of aromatic carboxylic acids is 1. The van der Waals surface area contributed by atoms with Gasteiger partial charge < -0.3 is 15.5 Å². The van der Waals surface area contributed by atoms with E-state index in [1.165, 1.54) is 62.5 Å². The van der Waals surface area contributed by atoms with Crippen molar-refractivity contribution in [2.45, 2.75) is 71.1 Å². The molecule has 0 aliphatic heterocycles. The number of pyridine rings is 1. The van der Waals surface area contributed by atoms with Gasteiger partial charge >= 0.3 is 5.97 Å². The van der Waals surface area contributed by atoms with Gasteiger partial charge in [-0.2, -0.15) is 0 Å². The predicted octanol–water partition coefficient (Wildman–Crippen LogP) is 10.4. The lowest BCUT2D eigenvalue weighted by molar-refractivity contribution is 0.0695. The second kappa shape index (κ2) is 16.9. The minimum Gasteiger partial charge on any atom is -0.478 e. The minimum absolute atomic E-state index is 0.0404. The van der Waals surface area contributed by atoms with Crippen molar-refractivity contribution in [3.8, 4) is 10.8 Å². The fraction of sp³-hybridized carbons (Fsp3) is 0.343. The number of H-pyrrole nitrogens is 1. The van der Waals surface area contributed by atoms with Crippen molar-refractivity contribution in [2.24, 2.45) is 0 Å². The molecule has 13 heteroatoms. The molecule has 0 aliphatic carbocycles. The van der Waals surface area contributed by atoms with Gasteiger partial charge in [0, 0.05) is 46.9 Å². The Morgan fingerprint density at radius 1 is 1.06 bits per heavy atom. The van der Waals surface area contributed by atoms with Crippen molar-refractivity contribution in [1.29, 1.82) is 0 Å². The fourth-order valence-corrected chi connectivity index (χ4v) is 6.69. The van der Waals surface area contributed by atoms with Gasteiger partial charge in [0.2, 0.25) is 6.43 Å². The summed E-state index contributed by atoms with van der Waals surface area (Å²) in [5, 5.41) is 14.3. The number of rotatable bonds is 14. The maximum Gasteiger partial charge on any atom is 0.340 e. The first-order valence-corrected chi connectivity index (χ1v) is 17.7. The molecule has 0 unspecified atom stereocenters. The summed E-state index contributed by atoms with van der Waals surface area (Å²) in [7, 11) is 0. The van der Waals surface area contributed by atoms with Crippen LogP contribution in [0.25, 0.3) is 43.5 Å². The molecule has 0 aliphatic rings. The fourth-order valence-electron chi connectivity index (χ4n) is 5.55. The Morgan fingerprint density at radius 2 is 1.81 bits per heavy atom. The van der Waals surface area contributed by atoms with E-state index in [-0.39, 0.29) is 16.6 Å². The molecule has 8 nitrogen and oxygen atoms in total. The van der Waals surface area contributed by atoms with Crippen molar-refractivity contribution >= 4 is 73.8 Å². The van der Waals surface area contributed by atoms with Gasteiger partial charge in [-0.05, 0) is 24.1 Å². The third kappa shape index (κ3) is 8.91. The molecule has 0 atom stereocenters. The monoisotopic (exact) mass is 710 g/mol. The number of aromatic nitrogens is 5. The Bertz CT molecular complexity index is 2060. The summed E-state index contributed by atoms with van der Waals surface area (Å²) in [6.07, 6.45) is 10.5. The van der Waals surface area contributed by atoms with Gasteiger partial charge in [0.05, 0.1) is 16.6 Å². The smallest absolute Gasteiger partial charge is 0.340 e. The summed E-state index contributed by atoms with van der Waals surface area (Å²) in [6, 6.07) is 14.1. The van der Waals surface area contributed by atoms with Crippen LogP contribution in [0.5, 0.6) is 0 Å². The first-order chi connectivity index (χ1) is 23.2. The largest absolute Gasteiger partial charge is 0.478 e. The van der Waals surface area contributed by atoms with E-state index in [0.717, 1.165) is 45.7 Å². The Morgan fingerprint density at radius 3 is 2.50 bits per heavy atom. The number of nitrogens with one attached hydrogen (secondary N) is 2. The topological polar surface area (TPSA) is 109 Å². The third-order valence-electron chi connectivity index (χ3n) is 7.93. The summed E-state index contributed by atoms with van der Waals surface area (Å²) < 4.78 is 28.5. The van der Waals surface area contributed by atoms with Gasteiger partial charge in [-0.15, -0.1) is 11.3 Å². The van der Waals surface area contributed by atoms with Crippen molar-refractivity contribution in [3.05, 3.63) is 81.2 Å². The number of thiazole rings is 1. The molecule has 3 N–H and O–H groups in total. The molecule has 0 bridgehead atoms. The predicted molar refractivity (Wildman–Crippen MR) is 194 cm³/mol. The second-order valence-electron chi connectivity index (χ2n) is 11.5. The van der Waals surface area contributed by atoms with E-state index >= 15 is 0 Å². The van der Waals surface area contributed by atoms with Crippen LogP contribution in [-0.2, 0) is 6.42 Å². The first kappa shape index (κ1) is 35.3. The highest BCUT2D eigenvalue weighted by Crippen LogP contribution is 2.31. The van der Waals surface area contributed by atoms with Crippen LogP contribution >= 0.6 is 35.2 Å². The van der Waals surface area contributed by atoms with E-state index in [1.54, 1.807) is 5.38 Å². The maximum absolute atomic E-state index is 13.2. The highest BCUT2D eigenvalue weighted by atomic mass is 35.5. The van der Waals surface area contributed by atoms with Crippen LogP contribution in [0.2, 0.25) is 5.15 Å². The number of fused-ring (bicyclic) bond motifs is 4. The Kier molecular flexibility index (Phi) is 12.4. The van der Waals surface area contributed by atoms with Crippen LogP contribution in [0.4, 0.5) is 8.78 Å². The molecule has 252 valence electrons. The third-order valence-corrected chi connectivity index (χ3v) is 9.42. The quantitative estimate of drug-likeness (QED) is 0.0586. The molecule has 6 aromatic rings. The molecule has 4 aromatic heterocycles. The maximum atomic E-state index is 13.2. The summed E-state index contributed by atoms with van der Waals surface area (Å²) >= 11 is 11.9. The number of alkyl halides is 2. The normalized spacial score (nSPS) is 11.4. The van der Waals surface area contributed by atoms with Crippen LogP contribution < -0.4 is 5.43 Å². The van der Waals surface area contributed by atoms with Crippen molar-refractivity contribution in [3.63, 3.8) is 0 Å². The lowest BCUT2D eigenvalue weighted by Crippen LogP contribution is -2.15. The van der Waals surface area contributed by atoms with Crippen LogP contribution in [0.3, 0.4) is 0 Å². The molecule has 4 heterocycles. The molecule has 2 aromatic carbocycles. The molecule has 0 fully saturated rings. The minimum atomic E-state index is -2.37. The average molecular weight is 711 g/mol.